The maximum absolute atomic E-state index is 12.9. The molecule has 0 heterocycles. The van der Waals surface area contributed by atoms with E-state index in [1.54, 1.807) is 52.0 Å². The zero-order valence-electron chi connectivity index (χ0n) is 22.1. The van der Waals surface area contributed by atoms with Crippen LogP contribution in [0.25, 0.3) is 0 Å². The molecular weight excluding hydrogens is 494 g/mol. The largest absolute Gasteiger partial charge is 0.508 e. The summed E-state index contributed by atoms with van der Waals surface area (Å²) in [6.07, 6.45) is -1.44. The van der Waals surface area contributed by atoms with Gasteiger partial charge in [0.2, 0.25) is 5.91 Å². The van der Waals surface area contributed by atoms with E-state index in [4.69, 9.17) is 9.47 Å². The third-order valence-corrected chi connectivity index (χ3v) is 5.42. The van der Waals surface area contributed by atoms with Crippen molar-refractivity contribution in [3.63, 3.8) is 0 Å². The summed E-state index contributed by atoms with van der Waals surface area (Å²) in [7, 11) is 0. The zero-order chi connectivity index (χ0) is 28.5. The molecule has 0 aromatic heterocycles. The number of carboxylic acid groups (broad SMARTS) is 1. The van der Waals surface area contributed by atoms with E-state index in [1.807, 2.05) is 6.07 Å². The number of ether oxygens (including phenoxy) is 2. The molecule has 0 unspecified atom stereocenters. The lowest BCUT2D eigenvalue weighted by atomic mass is 9.87. The average Bonchev–Trinajstić information content (AvgIpc) is 2.83. The van der Waals surface area contributed by atoms with Gasteiger partial charge in [-0.05, 0) is 51.3 Å². The van der Waals surface area contributed by atoms with Crippen LogP contribution >= 0.6 is 0 Å². The van der Waals surface area contributed by atoms with Crippen molar-refractivity contribution >= 4 is 29.8 Å². The Balaban J connectivity index is 2.16. The summed E-state index contributed by atoms with van der Waals surface area (Å²) >= 11 is 0. The molecule has 0 aliphatic carbocycles. The lowest BCUT2D eigenvalue weighted by molar-refractivity contribution is -0.140. The van der Waals surface area contributed by atoms with Gasteiger partial charge in [0.15, 0.2) is 0 Å². The summed E-state index contributed by atoms with van der Waals surface area (Å²) in [6, 6.07) is 10.7. The van der Waals surface area contributed by atoms with Gasteiger partial charge in [-0.3, -0.25) is 4.79 Å². The number of aromatic hydroxyl groups is 1. The van der Waals surface area contributed by atoms with Gasteiger partial charge in [-0.15, -0.1) is 0 Å². The molecule has 2 aromatic carbocycles. The van der Waals surface area contributed by atoms with Crippen molar-refractivity contribution in [1.29, 1.82) is 0 Å². The molecule has 0 saturated carbocycles. The summed E-state index contributed by atoms with van der Waals surface area (Å²) in [6.45, 7) is 8.16. The minimum atomic E-state index is -1.39. The Bertz CT molecular complexity index is 1130. The van der Waals surface area contributed by atoms with E-state index >= 15 is 0 Å². The van der Waals surface area contributed by atoms with Crippen LogP contribution in [0.5, 0.6) is 5.75 Å². The number of hydrogen-bond donors (Lipinski definition) is 5. The monoisotopic (exact) mass is 529 g/mol. The van der Waals surface area contributed by atoms with E-state index in [0.717, 1.165) is 5.56 Å². The van der Waals surface area contributed by atoms with Crippen molar-refractivity contribution < 1.29 is 38.9 Å². The number of aliphatic carboxylic acids is 1. The highest BCUT2D eigenvalue weighted by atomic mass is 16.6. The third-order valence-electron chi connectivity index (χ3n) is 5.42. The minimum Gasteiger partial charge on any atom is -0.508 e. The number of hydrogen-bond acceptors (Lipinski definition) is 7. The normalized spacial score (nSPS) is 13.4. The Kier molecular flexibility index (Phi) is 10.5. The topological polar surface area (TPSA) is 163 Å². The maximum Gasteiger partial charge on any atom is 0.408 e. The molecule has 5 N–H and O–H groups in total. The highest BCUT2D eigenvalue weighted by molar-refractivity contribution is 5.97. The SMILES string of the molecule is CC[C@@H](c1ccc(O)cc1NC(=O)[C@H](C)NC(=O)OCc1ccccc1)[C@H](NC(=O)OC(C)(C)C)C(=O)O. The number of carbonyl (C=O) groups is 4. The van der Waals surface area contributed by atoms with Crippen LogP contribution in [0.3, 0.4) is 0 Å². The Hall–Kier alpha value is -4.28. The van der Waals surface area contributed by atoms with Gasteiger partial charge in [-0.1, -0.05) is 43.3 Å². The number of anilines is 1. The van der Waals surface area contributed by atoms with Crippen LogP contribution in [0.4, 0.5) is 15.3 Å². The molecule has 11 heteroatoms. The Labute approximate surface area is 221 Å². The van der Waals surface area contributed by atoms with Gasteiger partial charge in [0.05, 0.1) is 0 Å². The van der Waals surface area contributed by atoms with E-state index in [9.17, 15) is 29.4 Å². The van der Waals surface area contributed by atoms with Crippen LogP contribution in [0.1, 0.15) is 58.1 Å². The number of carbonyl (C=O) groups excluding carboxylic acids is 3. The van der Waals surface area contributed by atoms with E-state index < -0.39 is 47.7 Å². The first-order valence-corrected chi connectivity index (χ1v) is 12.1. The molecule has 0 radical (unpaired) electrons. The Morgan fingerprint density at radius 1 is 0.974 bits per heavy atom. The lowest BCUT2D eigenvalue weighted by Gasteiger charge is -2.28. The first-order chi connectivity index (χ1) is 17.8. The number of amides is 3. The van der Waals surface area contributed by atoms with E-state index in [-0.39, 0.29) is 24.5 Å². The number of rotatable bonds is 10. The van der Waals surface area contributed by atoms with Gasteiger partial charge in [-0.25, -0.2) is 14.4 Å². The third kappa shape index (κ3) is 9.30. The Morgan fingerprint density at radius 2 is 1.63 bits per heavy atom. The molecule has 0 aliphatic heterocycles. The van der Waals surface area contributed by atoms with Crippen LogP contribution in [0, 0.1) is 0 Å². The molecule has 3 amide bonds. The van der Waals surface area contributed by atoms with Gasteiger partial charge in [0.25, 0.3) is 0 Å². The van der Waals surface area contributed by atoms with Crippen molar-refractivity contribution in [1.82, 2.24) is 10.6 Å². The summed E-state index contributed by atoms with van der Waals surface area (Å²) in [5.74, 6) is -2.90. The summed E-state index contributed by atoms with van der Waals surface area (Å²) in [5, 5.41) is 27.3. The lowest BCUT2D eigenvalue weighted by Crippen LogP contribution is -2.47. The Morgan fingerprint density at radius 3 is 2.21 bits per heavy atom. The first kappa shape index (κ1) is 29.9. The van der Waals surface area contributed by atoms with Crippen molar-refractivity contribution in [2.75, 3.05) is 5.32 Å². The molecule has 0 aliphatic rings. The predicted octanol–water partition coefficient (Wildman–Crippen LogP) is 4.12. The smallest absolute Gasteiger partial charge is 0.408 e. The fourth-order valence-corrected chi connectivity index (χ4v) is 3.63. The number of phenols is 1. The van der Waals surface area contributed by atoms with Gasteiger partial charge in [0, 0.05) is 17.7 Å². The fourth-order valence-electron chi connectivity index (χ4n) is 3.63. The first-order valence-electron chi connectivity index (χ1n) is 12.1. The second-order valence-corrected chi connectivity index (χ2v) is 9.67. The molecule has 206 valence electrons. The van der Waals surface area contributed by atoms with Crippen LogP contribution in [0.2, 0.25) is 0 Å². The predicted molar refractivity (Wildman–Crippen MR) is 140 cm³/mol. The number of nitrogens with one attached hydrogen (secondary N) is 3. The van der Waals surface area contributed by atoms with Gasteiger partial charge in [-0.2, -0.15) is 0 Å². The number of phenolic OH excluding ortho intramolecular Hbond substituents is 1. The zero-order valence-corrected chi connectivity index (χ0v) is 22.1. The molecule has 0 spiro atoms. The fraction of sp³-hybridized carbons (Fsp3) is 0.407. The van der Waals surface area contributed by atoms with Crippen molar-refractivity contribution in [2.24, 2.45) is 0 Å². The molecule has 11 nitrogen and oxygen atoms in total. The highest BCUT2D eigenvalue weighted by Crippen LogP contribution is 2.33. The van der Waals surface area contributed by atoms with Crippen molar-refractivity contribution in [2.45, 2.75) is 71.2 Å². The number of carboxylic acids is 1. The second-order valence-electron chi connectivity index (χ2n) is 9.67. The van der Waals surface area contributed by atoms with Crippen LogP contribution in [0.15, 0.2) is 48.5 Å². The van der Waals surface area contributed by atoms with E-state index in [2.05, 4.69) is 16.0 Å². The quantitative estimate of drug-likeness (QED) is 0.307. The van der Waals surface area contributed by atoms with Crippen LogP contribution in [-0.4, -0.2) is 52.0 Å². The minimum absolute atomic E-state index is 0.0249. The molecule has 0 bridgehead atoms. The highest BCUT2D eigenvalue weighted by Gasteiger charge is 2.33. The molecule has 3 atom stereocenters. The molecule has 38 heavy (non-hydrogen) atoms. The van der Waals surface area contributed by atoms with Gasteiger partial charge < -0.3 is 35.6 Å². The molecule has 2 rings (SSSR count). The van der Waals surface area contributed by atoms with Crippen LogP contribution in [-0.2, 0) is 25.7 Å². The number of alkyl carbamates (subject to hydrolysis) is 2. The molecule has 2 aromatic rings. The van der Waals surface area contributed by atoms with E-state index in [1.165, 1.54) is 25.1 Å². The molecule has 0 fully saturated rings. The van der Waals surface area contributed by atoms with Crippen molar-refractivity contribution in [3.05, 3.63) is 59.7 Å². The van der Waals surface area contributed by atoms with E-state index in [0.29, 0.717) is 5.56 Å². The van der Waals surface area contributed by atoms with Crippen molar-refractivity contribution in [3.8, 4) is 5.75 Å². The average molecular weight is 530 g/mol. The standard InChI is InChI=1S/C27H35N3O8/c1-6-19(22(24(33)34)30-26(36)38-27(3,4)5)20-13-12-18(31)14-21(20)29-23(32)16(2)28-25(35)37-15-17-10-8-7-9-11-17/h7-14,16,19,22,31H,6,15H2,1-5H3,(H,28,35)(H,29,32)(H,30,36)(H,33,34)/t16-,19-,22-/m0/s1. The van der Waals surface area contributed by atoms with Gasteiger partial charge >= 0.3 is 18.2 Å². The van der Waals surface area contributed by atoms with Gasteiger partial charge in [0.1, 0.15) is 30.0 Å². The summed E-state index contributed by atoms with van der Waals surface area (Å²) in [4.78, 5) is 49.4. The van der Waals surface area contributed by atoms with Crippen LogP contribution < -0.4 is 16.0 Å². The molecular formula is C27H35N3O8. The second kappa shape index (κ2) is 13.3. The maximum atomic E-state index is 12.9. The summed E-state index contributed by atoms with van der Waals surface area (Å²) in [5.41, 5.74) is 0.437. The summed E-state index contributed by atoms with van der Waals surface area (Å²) < 4.78 is 10.3. The molecule has 0 saturated heterocycles. The number of benzene rings is 2.